The maximum Gasteiger partial charge on any atom is 0.330 e. The van der Waals surface area contributed by atoms with E-state index in [0.29, 0.717) is 6.61 Å². The van der Waals surface area contributed by atoms with Crippen molar-refractivity contribution in [2.75, 3.05) is 6.61 Å². The first-order valence-corrected chi connectivity index (χ1v) is 9.08. The molecule has 0 radical (unpaired) electrons. The van der Waals surface area contributed by atoms with Crippen molar-refractivity contribution in [1.29, 1.82) is 0 Å². The molecule has 0 amide bonds. The summed E-state index contributed by atoms with van der Waals surface area (Å²) in [7, 11) is 0. The quantitative estimate of drug-likeness (QED) is 0.351. The van der Waals surface area contributed by atoms with Gasteiger partial charge >= 0.3 is 5.97 Å². The second-order valence-corrected chi connectivity index (χ2v) is 7.54. The predicted octanol–water partition coefficient (Wildman–Crippen LogP) is 4.58. The van der Waals surface area contributed by atoms with Crippen LogP contribution in [0.25, 0.3) is 0 Å². The molecule has 25 heavy (non-hydrogen) atoms. The minimum Gasteiger partial charge on any atom is -0.463 e. The van der Waals surface area contributed by atoms with E-state index in [1.54, 1.807) is 6.92 Å². The molecule has 1 N–H and O–H groups in total. The zero-order chi connectivity index (χ0) is 19.1. The molecule has 3 heteroatoms. The van der Waals surface area contributed by atoms with Crippen LogP contribution in [0.5, 0.6) is 0 Å². The Morgan fingerprint density at radius 1 is 1.36 bits per heavy atom. The van der Waals surface area contributed by atoms with Gasteiger partial charge < -0.3 is 9.84 Å². The van der Waals surface area contributed by atoms with E-state index in [4.69, 9.17) is 4.74 Å². The number of allylic oxidation sites excluding steroid dienone is 5. The van der Waals surface area contributed by atoms with Gasteiger partial charge in [0.15, 0.2) is 0 Å². The molecule has 2 unspecified atom stereocenters. The van der Waals surface area contributed by atoms with E-state index < -0.39 is 5.60 Å². The summed E-state index contributed by atoms with van der Waals surface area (Å²) in [6, 6.07) is 0. The summed E-state index contributed by atoms with van der Waals surface area (Å²) in [4.78, 5) is 11.4. The highest BCUT2D eigenvalue weighted by Crippen LogP contribution is 2.46. The molecular formula is C22H32O3. The lowest BCUT2D eigenvalue weighted by Crippen LogP contribution is -2.51. The van der Waals surface area contributed by atoms with Crippen LogP contribution in [0.1, 0.15) is 60.8 Å². The Morgan fingerprint density at radius 2 is 2.04 bits per heavy atom. The molecule has 2 atom stereocenters. The number of hydrogen-bond acceptors (Lipinski definition) is 3. The van der Waals surface area contributed by atoms with E-state index in [0.717, 1.165) is 30.4 Å². The lowest BCUT2D eigenvalue weighted by molar-refractivity contribution is -0.137. The van der Waals surface area contributed by atoms with Gasteiger partial charge in [-0.05, 0) is 50.7 Å². The molecule has 1 saturated carbocycles. The summed E-state index contributed by atoms with van der Waals surface area (Å²) in [5.74, 6) is 6.09. The van der Waals surface area contributed by atoms with Gasteiger partial charge in [0.25, 0.3) is 0 Å². The van der Waals surface area contributed by atoms with E-state index in [2.05, 4.69) is 32.6 Å². The van der Waals surface area contributed by atoms with Crippen molar-refractivity contribution < 1.29 is 14.6 Å². The lowest BCUT2D eigenvalue weighted by Gasteiger charge is -2.47. The van der Waals surface area contributed by atoms with E-state index >= 15 is 0 Å². The van der Waals surface area contributed by atoms with Crippen LogP contribution in [0.4, 0.5) is 0 Å². The zero-order valence-corrected chi connectivity index (χ0v) is 16.5. The number of ether oxygens (including phenoxy) is 1. The van der Waals surface area contributed by atoms with E-state index in [1.165, 1.54) is 6.08 Å². The van der Waals surface area contributed by atoms with Gasteiger partial charge in [-0.3, -0.25) is 0 Å². The van der Waals surface area contributed by atoms with E-state index in [1.807, 2.05) is 32.1 Å². The molecule has 0 saturated heterocycles. The molecule has 0 heterocycles. The van der Waals surface area contributed by atoms with Crippen molar-refractivity contribution in [3.63, 3.8) is 0 Å². The average molecular weight is 344 g/mol. The number of esters is 1. The van der Waals surface area contributed by atoms with Crippen LogP contribution in [0, 0.1) is 23.2 Å². The van der Waals surface area contributed by atoms with Crippen LogP contribution >= 0.6 is 0 Å². The van der Waals surface area contributed by atoms with Crippen molar-refractivity contribution in [2.24, 2.45) is 11.3 Å². The Labute approximate surface area is 152 Å². The SMILES string of the molecule is CCOC(=O)C=C(C)/C=C/C=C(\C)C#CC1(O)C(C)CCCC1(C)C. The second-order valence-electron chi connectivity index (χ2n) is 7.54. The molecule has 1 aliphatic rings. The highest BCUT2D eigenvalue weighted by Gasteiger charge is 2.48. The van der Waals surface area contributed by atoms with Crippen LogP contribution in [0.3, 0.4) is 0 Å². The highest BCUT2D eigenvalue weighted by molar-refractivity contribution is 5.83. The summed E-state index contributed by atoms with van der Waals surface area (Å²) in [5, 5.41) is 11.1. The summed E-state index contributed by atoms with van der Waals surface area (Å²) in [6.07, 6.45) is 10.2. The number of rotatable bonds is 4. The molecule has 0 spiro atoms. The van der Waals surface area contributed by atoms with E-state index in [9.17, 15) is 9.90 Å². The molecule has 1 aliphatic carbocycles. The first kappa shape index (κ1) is 21.3. The van der Waals surface area contributed by atoms with Crippen molar-refractivity contribution in [1.82, 2.24) is 0 Å². The molecule has 138 valence electrons. The van der Waals surface area contributed by atoms with Crippen LogP contribution in [-0.2, 0) is 9.53 Å². The largest absolute Gasteiger partial charge is 0.463 e. The van der Waals surface area contributed by atoms with E-state index in [-0.39, 0.29) is 17.3 Å². The average Bonchev–Trinajstić information content (AvgIpc) is 2.51. The fourth-order valence-electron chi connectivity index (χ4n) is 3.21. The molecule has 0 aromatic rings. The van der Waals surface area contributed by atoms with Crippen LogP contribution in [0.15, 0.2) is 35.5 Å². The summed E-state index contributed by atoms with van der Waals surface area (Å²) in [6.45, 7) is 12.2. The van der Waals surface area contributed by atoms with Gasteiger partial charge in [-0.1, -0.05) is 57.3 Å². The third kappa shape index (κ3) is 5.90. The smallest absolute Gasteiger partial charge is 0.330 e. The summed E-state index contributed by atoms with van der Waals surface area (Å²) >= 11 is 0. The molecule has 1 rings (SSSR count). The van der Waals surface area contributed by atoms with Crippen LogP contribution in [0.2, 0.25) is 0 Å². The van der Waals surface area contributed by atoms with Crippen molar-refractivity contribution in [3.05, 3.63) is 35.5 Å². The molecular weight excluding hydrogens is 312 g/mol. The number of hydrogen-bond donors (Lipinski definition) is 1. The third-order valence-corrected chi connectivity index (χ3v) is 4.97. The molecule has 0 bridgehead atoms. The van der Waals surface area contributed by atoms with Gasteiger partial charge in [0.1, 0.15) is 5.60 Å². The fraction of sp³-hybridized carbons (Fsp3) is 0.591. The molecule has 1 fully saturated rings. The number of carbonyl (C=O) groups is 1. The van der Waals surface area contributed by atoms with Crippen LogP contribution < -0.4 is 0 Å². The second kappa shape index (κ2) is 9.06. The van der Waals surface area contributed by atoms with Crippen LogP contribution in [-0.4, -0.2) is 23.3 Å². The maximum absolute atomic E-state index is 11.4. The minimum absolute atomic E-state index is 0.168. The van der Waals surface area contributed by atoms with Gasteiger partial charge in [-0.2, -0.15) is 0 Å². The molecule has 3 nitrogen and oxygen atoms in total. The van der Waals surface area contributed by atoms with Gasteiger partial charge in [-0.25, -0.2) is 4.79 Å². The van der Waals surface area contributed by atoms with Gasteiger partial charge in [0.2, 0.25) is 0 Å². The van der Waals surface area contributed by atoms with Gasteiger partial charge in [0.05, 0.1) is 6.61 Å². The lowest BCUT2D eigenvalue weighted by atomic mass is 9.61. The first-order chi connectivity index (χ1) is 11.6. The first-order valence-electron chi connectivity index (χ1n) is 9.08. The molecule has 0 aromatic carbocycles. The minimum atomic E-state index is -0.955. The van der Waals surface area contributed by atoms with Crippen molar-refractivity contribution in [2.45, 2.75) is 66.4 Å². The van der Waals surface area contributed by atoms with Gasteiger partial charge in [-0.15, -0.1) is 0 Å². The Bertz CT molecular complexity index is 625. The van der Waals surface area contributed by atoms with Crippen molar-refractivity contribution >= 4 is 5.97 Å². The molecule has 0 aromatic heterocycles. The fourth-order valence-corrected chi connectivity index (χ4v) is 3.21. The number of aliphatic hydroxyl groups is 1. The maximum atomic E-state index is 11.4. The summed E-state index contributed by atoms with van der Waals surface area (Å²) in [5.41, 5.74) is 0.537. The monoisotopic (exact) mass is 344 g/mol. The molecule has 0 aliphatic heterocycles. The Kier molecular flexibility index (Phi) is 7.70. The normalized spacial score (nSPS) is 26.9. The summed E-state index contributed by atoms with van der Waals surface area (Å²) < 4.78 is 4.87. The Balaban J connectivity index is 2.83. The topological polar surface area (TPSA) is 46.5 Å². The van der Waals surface area contributed by atoms with Crippen molar-refractivity contribution in [3.8, 4) is 11.8 Å². The van der Waals surface area contributed by atoms with Gasteiger partial charge in [0, 0.05) is 11.5 Å². The Hall–Kier alpha value is -1.79. The number of carbonyl (C=O) groups excluding carboxylic acids is 1. The zero-order valence-electron chi connectivity index (χ0n) is 16.5. The predicted molar refractivity (Wildman–Crippen MR) is 103 cm³/mol. The highest BCUT2D eigenvalue weighted by atomic mass is 16.5. The standard InChI is InChI=1S/C22H32O3/c1-7-25-20(23)16-18(3)11-8-10-17(2)13-15-22(24)19(4)12-9-14-21(22,5)6/h8,10-11,16,19,24H,7,9,12,14H2,1-6H3/b11-8+,17-10+,18-16?. The Morgan fingerprint density at radius 3 is 2.64 bits per heavy atom. The third-order valence-electron chi connectivity index (χ3n) is 4.97.